The molecule has 1 saturated heterocycles. The Hall–Kier alpha value is -2.60. The molecule has 29 heavy (non-hydrogen) atoms. The van der Waals surface area contributed by atoms with E-state index in [1.54, 1.807) is 12.3 Å². The number of nitrogens with zero attached hydrogens (tertiary/aromatic N) is 2. The number of methoxy groups -OCH3 is 1. The lowest BCUT2D eigenvalue weighted by Gasteiger charge is -2.27. The monoisotopic (exact) mass is 397 g/mol. The number of hydrogen-bond acceptors (Lipinski definition) is 4. The molecule has 1 aromatic heterocycles. The number of benzene rings is 1. The Kier molecular flexibility index (Phi) is 6.75. The Bertz CT molecular complexity index is 920. The number of nitrogens with one attached hydrogen (secondary N) is 1. The SMILES string of the molecule is COc1cn(CC(=O)Nc2c(C)cc(C)cc2C)c(CN2CCCCC2)cc1=O. The molecule has 0 unspecified atom stereocenters. The van der Waals surface area contributed by atoms with Gasteiger partial charge in [0.2, 0.25) is 11.3 Å². The molecule has 6 nitrogen and oxygen atoms in total. The van der Waals surface area contributed by atoms with Gasteiger partial charge in [-0.2, -0.15) is 0 Å². The van der Waals surface area contributed by atoms with Crippen molar-refractivity contribution in [2.75, 3.05) is 25.5 Å². The van der Waals surface area contributed by atoms with Crippen molar-refractivity contribution in [2.45, 2.75) is 53.1 Å². The van der Waals surface area contributed by atoms with Crippen LogP contribution in [0.15, 0.2) is 29.2 Å². The minimum Gasteiger partial charge on any atom is -0.491 e. The molecule has 3 rings (SSSR count). The van der Waals surface area contributed by atoms with Gasteiger partial charge in [0, 0.05) is 24.0 Å². The van der Waals surface area contributed by atoms with Crippen LogP contribution in [0.2, 0.25) is 0 Å². The molecule has 6 heteroatoms. The summed E-state index contributed by atoms with van der Waals surface area (Å²) >= 11 is 0. The predicted octanol–water partition coefficient (Wildman–Crippen LogP) is 3.41. The molecule has 1 aromatic carbocycles. The van der Waals surface area contributed by atoms with Gasteiger partial charge in [0.25, 0.3) is 0 Å². The second kappa shape index (κ2) is 9.27. The smallest absolute Gasteiger partial charge is 0.244 e. The summed E-state index contributed by atoms with van der Waals surface area (Å²) in [6.45, 7) is 8.88. The molecule has 1 fully saturated rings. The number of rotatable bonds is 6. The van der Waals surface area contributed by atoms with Crippen molar-refractivity contribution in [1.29, 1.82) is 0 Å². The maximum absolute atomic E-state index is 12.8. The summed E-state index contributed by atoms with van der Waals surface area (Å²) < 4.78 is 7.04. The van der Waals surface area contributed by atoms with Crippen molar-refractivity contribution in [3.63, 3.8) is 0 Å². The van der Waals surface area contributed by atoms with Crippen molar-refractivity contribution < 1.29 is 9.53 Å². The molecule has 2 aromatic rings. The van der Waals surface area contributed by atoms with Crippen molar-refractivity contribution in [3.05, 3.63) is 57.0 Å². The summed E-state index contributed by atoms with van der Waals surface area (Å²) in [7, 11) is 1.48. The first-order valence-electron chi connectivity index (χ1n) is 10.2. The normalized spacial score (nSPS) is 14.6. The lowest BCUT2D eigenvalue weighted by Crippen LogP contribution is -2.32. The Balaban J connectivity index is 1.82. The second-order valence-corrected chi connectivity index (χ2v) is 7.98. The zero-order valence-corrected chi connectivity index (χ0v) is 17.9. The molecule has 0 radical (unpaired) electrons. The average Bonchev–Trinajstić information content (AvgIpc) is 2.67. The van der Waals surface area contributed by atoms with E-state index in [2.05, 4.69) is 22.3 Å². The van der Waals surface area contributed by atoms with E-state index in [1.165, 1.54) is 31.9 Å². The molecular weight excluding hydrogens is 366 g/mol. The van der Waals surface area contributed by atoms with Gasteiger partial charge >= 0.3 is 0 Å². The minimum atomic E-state index is -0.151. The van der Waals surface area contributed by atoms with E-state index in [-0.39, 0.29) is 23.6 Å². The van der Waals surface area contributed by atoms with Crippen LogP contribution < -0.4 is 15.5 Å². The third kappa shape index (κ3) is 5.26. The number of anilines is 1. The largest absolute Gasteiger partial charge is 0.491 e. The maximum atomic E-state index is 12.8. The van der Waals surface area contributed by atoms with Crippen LogP contribution >= 0.6 is 0 Å². The number of carbonyl (C=O) groups excluding carboxylic acids is 1. The Labute approximate surface area is 172 Å². The number of aromatic nitrogens is 1. The van der Waals surface area contributed by atoms with E-state index >= 15 is 0 Å². The number of amides is 1. The standard InChI is InChI=1S/C23H31N3O3/c1-16-10-17(2)23(18(3)11-16)24-22(28)15-26-14-21(29-4)20(27)12-19(26)13-25-8-6-5-7-9-25/h10-12,14H,5-9,13,15H2,1-4H3,(H,24,28). The molecule has 0 spiro atoms. The number of likely N-dealkylation sites (tertiary alicyclic amines) is 1. The summed E-state index contributed by atoms with van der Waals surface area (Å²) in [5.41, 5.74) is 4.80. The van der Waals surface area contributed by atoms with Crippen LogP contribution in [0.3, 0.4) is 0 Å². The average molecular weight is 398 g/mol. The van der Waals surface area contributed by atoms with E-state index in [0.717, 1.165) is 35.6 Å². The Morgan fingerprint density at radius 3 is 2.34 bits per heavy atom. The minimum absolute atomic E-state index is 0.120. The van der Waals surface area contributed by atoms with Gasteiger partial charge in [-0.25, -0.2) is 0 Å². The first-order valence-corrected chi connectivity index (χ1v) is 10.2. The van der Waals surface area contributed by atoms with E-state index in [1.807, 2.05) is 25.3 Å². The van der Waals surface area contributed by atoms with Crippen molar-refractivity contribution in [1.82, 2.24) is 9.47 Å². The highest BCUT2D eigenvalue weighted by molar-refractivity contribution is 5.92. The first kappa shape index (κ1) is 21.1. The van der Waals surface area contributed by atoms with Gasteiger partial charge in [-0.05, 0) is 57.8 Å². The lowest BCUT2D eigenvalue weighted by atomic mass is 10.1. The summed E-state index contributed by atoms with van der Waals surface area (Å²) in [6.07, 6.45) is 5.25. The van der Waals surface area contributed by atoms with E-state index in [4.69, 9.17) is 4.74 Å². The molecule has 0 atom stereocenters. The van der Waals surface area contributed by atoms with Gasteiger partial charge in [0.15, 0.2) is 5.75 Å². The highest BCUT2D eigenvalue weighted by atomic mass is 16.5. The molecule has 0 bridgehead atoms. The molecular formula is C23H31N3O3. The number of piperidine rings is 1. The van der Waals surface area contributed by atoms with Crippen LogP contribution in [0.4, 0.5) is 5.69 Å². The van der Waals surface area contributed by atoms with Crippen molar-refractivity contribution in [2.24, 2.45) is 0 Å². The number of ether oxygens (including phenoxy) is 1. The molecule has 0 aliphatic carbocycles. The van der Waals surface area contributed by atoms with E-state index in [0.29, 0.717) is 6.54 Å². The highest BCUT2D eigenvalue weighted by Gasteiger charge is 2.16. The van der Waals surface area contributed by atoms with Gasteiger partial charge in [-0.3, -0.25) is 14.5 Å². The van der Waals surface area contributed by atoms with Crippen molar-refractivity contribution in [3.8, 4) is 5.75 Å². The molecule has 1 aliphatic heterocycles. The molecule has 156 valence electrons. The van der Waals surface area contributed by atoms with Gasteiger partial charge in [0.1, 0.15) is 6.54 Å². The fourth-order valence-corrected chi connectivity index (χ4v) is 4.09. The number of aryl methyl sites for hydroxylation is 3. The molecule has 1 N–H and O–H groups in total. The molecule has 1 amide bonds. The van der Waals surface area contributed by atoms with Gasteiger partial charge < -0.3 is 14.6 Å². The summed E-state index contributed by atoms with van der Waals surface area (Å²) in [6, 6.07) is 5.72. The van der Waals surface area contributed by atoms with Crippen LogP contribution in [0.1, 0.15) is 41.6 Å². The second-order valence-electron chi connectivity index (χ2n) is 7.98. The number of carbonyl (C=O) groups is 1. The van der Waals surface area contributed by atoms with Gasteiger partial charge in [0.05, 0.1) is 13.3 Å². The van der Waals surface area contributed by atoms with Gasteiger partial charge in [-0.1, -0.05) is 24.1 Å². The highest BCUT2D eigenvalue weighted by Crippen LogP contribution is 2.22. The van der Waals surface area contributed by atoms with Crippen LogP contribution in [0.25, 0.3) is 0 Å². The van der Waals surface area contributed by atoms with Gasteiger partial charge in [-0.15, -0.1) is 0 Å². The lowest BCUT2D eigenvalue weighted by molar-refractivity contribution is -0.116. The third-order valence-corrected chi connectivity index (χ3v) is 5.49. The molecule has 1 aliphatic rings. The van der Waals surface area contributed by atoms with Crippen LogP contribution in [-0.2, 0) is 17.9 Å². The van der Waals surface area contributed by atoms with E-state index in [9.17, 15) is 9.59 Å². The maximum Gasteiger partial charge on any atom is 0.244 e. The summed E-state index contributed by atoms with van der Waals surface area (Å²) in [5.74, 6) is 0.133. The topological polar surface area (TPSA) is 63.6 Å². The fraction of sp³-hybridized carbons (Fsp3) is 0.478. The number of hydrogen-bond donors (Lipinski definition) is 1. The Morgan fingerprint density at radius 2 is 1.72 bits per heavy atom. The predicted molar refractivity (Wildman–Crippen MR) is 116 cm³/mol. The Morgan fingerprint density at radius 1 is 1.07 bits per heavy atom. The molecule has 2 heterocycles. The quantitative estimate of drug-likeness (QED) is 0.811. The fourth-order valence-electron chi connectivity index (χ4n) is 4.09. The van der Waals surface area contributed by atoms with Crippen LogP contribution in [0, 0.1) is 20.8 Å². The van der Waals surface area contributed by atoms with Crippen LogP contribution in [-0.4, -0.2) is 35.6 Å². The zero-order valence-electron chi connectivity index (χ0n) is 17.9. The zero-order chi connectivity index (χ0) is 21.0. The summed E-state index contributed by atoms with van der Waals surface area (Å²) in [4.78, 5) is 27.5. The van der Waals surface area contributed by atoms with E-state index < -0.39 is 0 Å². The van der Waals surface area contributed by atoms with Crippen molar-refractivity contribution >= 4 is 11.6 Å². The summed E-state index contributed by atoms with van der Waals surface area (Å²) in [5, 5.41) is 3.04. The van der Waals surface area contributed by atoms with Crippen LogP contribution in [0.5, 0.6) is 5.75 Å². The third-order valence-electron chi connectivity index (χ3n) is 5.49. The number of pyridine rings is 1. The first-order chi connectivity index (χ1) is 13.9. The molecule has 0 saturated carbocycles.